The van der Waals surface area contributed by atoms with Gasteiger partial charge in [0.05, 0.1) is 11.8 Å². The predicted molar refractivity (Wildman–Crippen MR) is 55.6 cm³/mol. The maximum atomic E-state index is 9.61. The van der Waals surface area contributed by atoms with Crippen molar-refractivity contribution in [3.8, 4) is 0 Å². The summed E-state index contributed by atoms with van der Waals surface area (Å²) in [6.07, 6.45) is -1.62. The Balaban J connectivity index is 2.73. The van der Waals surface area contributed by atoms with E-state index in [1.165, 1.54) is 0 Å². The first-order valence-electron chi connectivity index (χ1n) is 4.19. The number of pyridine rings is 1. The van der Waals surface area contributed by atoms with E-state index in [1.54, 1.807) is 18.2 Å². The number of nitrogens with zero attached hydrogens (tertiary/aromatic N) is 1. The molecule has 0 aromatic carbocycles. The van der Waals surface area contributed by atoms with Crippen LogP contribution in [0.4, 0.5) is 0 Å². The fourth-order valence-electron chi connectivity index (χ4n) is 1.06. The van der Waals surface area contributed by atoms with Crippen LogP contribution in [-0.4, -0.2) is 27.2 Å². The fraction of sp³-hybridized carbons (Fsp3) is 0.444. The van der Waals surface area contributed by atoms with Crippen LogP contribution in [-0.2, 0) is 0 Å². The van der Waals surface area contributed by atoms with E-state index < -0.39 is 12.2 Å². The van der Waals surface area contributed by atoms with Gasteiger partial charge in [-0.1, -0.05) is 17.7 Å². The number of aliphatic hydroxyl groups is 2. The van der Waals surface area contributed by atoms with E-state index in [2.05, 4.69) is 4.98 Å². The summed E-state index contributed by atoms with van der Waals surface area (Å²) in [7, 11) is 0. The second-order valence-corrected chi connectivity index (χ2v) is 3.64. The maximum absolute atomic E-state index is 9.61. The third-order valence-electron chi connectivity index (χ3n) is 1.81. The lowest BCUT2D eigenvalue weighted by atomic mass is 10.1. The van der Waals surface area contributed by atoms with Gasteiger partial charge in [-0.2, -0.15) is 0 Å². The molecule has 1 aromatic heterocycles. The van der Waals surface area contributed by atoms with Crippen LogP contribution in [0, 0.1) is 0 Å². The Bertz CT molecular complexity index is 296. The molecule has 14 heavy (non-hydrogen) atoms. The van der Waals surface area contributed by atoms with Crippen molar-refractivity contribution in [1.82, 2.24) is 4.98 Å². The van der Waals surface area contributed by atoms with Gasteiger partial charge in [-0.15, -0.1) is 11.6 Å². The van der Waals surface area contributed by atoms with E-state index in [4.69, 9.17) is 23.2 Å². The van der Waals surface area contributed by atoms with E-state index in [0.717, 1.165) is 0 Å². The standard InChI is InChI=1S/C9H11Cl2NO2/c10-5-4-7(13)9(14)6-2-1-3-8(11)12-6/h1-3,7,9,13-14H,4-5H2. The summed E-state index contributed by atoms with van der Waals surface area (Å²) < 4.78 is 0. The van der Waals surface area contributed by atoms with Crippen LogP contribution in [0.25, 0.3) is 0 Å². The summed E-state index contributed by atoms with van der Waals surface area (Å²) in [6, 6.07) is 4.88. The zero-order chi connectivity index (χ0) is 10.6. The molecule has 2 unspecified atom stereocenters. The van der Waals surface area contributed by atoms with Gasteiger partial charge in [0, 0.05) is 5.88 Å². The van der Waals surface area contributed by atoms with E-state index >= 15 is 0 Å². The number of hydrogen-bond acceptors (Lipinski definition) is 3. The summed E-state index contributed by atoms with van der Waals surface area (Å²) in [6.45, 7) is 0. The van der Waals surface area contributed by atoms with E-state index in [0.29, 0.717) is 23.1 Å². The SMILES string of the molecule is OC(CCCl)C(O)c1cccc(Cl)n1. The molecule has 0 fully saturated rings. The number of rotatable bonds is 4. The lowest BCUT2D eigenvalue weighted by Gasteiger charge is -2.15. The van der Waals surface area contributed by atoms with Crippen molar-refractivity contribution in [2.24, 2.45) is 0 Å². The molecule has 5 heteroatoms. The van der Waals surface area contributed by atoms with Gasteiger partial charge in [-0.05, 0) is 18.6 Å². The zero-order valence-corrected chi connectivity index (χ0v) is 8.91. The normalized spacial score (nSPS) is 15.1. The molecule has 0 saturated heterocycles. The molecular weight excluding hydrogens is 225 g/mol. The van der Waals surface area contributed by atoms with Crippen LogP contribution >= 0.6 is 23.2 Å². The molecule has 0 saturated carbocycles. The Morgan fingerprint density at radius 2 is 2.07 bits per heavy atom. The van der Waals surface area contributed by atoms with E-state index in [-0.39, 0.29) is 0 Å². The Kier molecular flexibility index (Phi) is 4.62. The van der Waals surface area contributed by atoms with Gasteiger partial charge in [0.15, 0.2) is 0 Å². The number of aromatic nitrogens is 1. The summed E-state index contributed by atoms with van der Waals surface area (Å²) in [5.74, 6) is 0.290. The molecule has 78 valence electrons. The van der Waals surface area contributed by atoms with Gasteiger partial charge in [-0.25, -0.2) is 4.98 Å². The highest BCUT2D eigenvalue weighted by Gasteiger charge is 2.18. The molecule has 2 N–H and O–H groups in total. The molecule has 2 atom stereocenters. The summed E-state index contributed by atoms with van der Waals surface area (Å²) in [5, 5.41) is 19.4. The molecule has 0 aliphatic carbocycles. The second-order valence-electron chi connectivity index (χ2n) is 2.88. The Morgan fingerprint density at radius 3 is 2.64 bits per heavy atom. The average molecular weight is 236 g/mol. The van der Waals surface area contributed by atoms with Crippen LogP contribution in [0.3, 0.4) is 0 Å². The van der Waals surface area contributed by atoms with Crippen LogP contribution in [0.2, 0.25) is 5.15 Å². The summed E-state index contributed by atoms with van der Waals surface area (Å²) in [5.41, 5.74) is 0.357. The number of hydrogen-bond donors (Lipinski definition) is 2. The largest absolute Gasteiger partial charge is 0.390 e. The molecule has 0 radical (unpaired) electrons. The molecule has 0 aliphatic heterocycles. The molecule has 1 heterocycles. The van der Waals surface area contributed by atoms with Gasteiger partial charge in [-0.3, -0.25) is 0 Å². The molecule has 0 bridgehead atoms. The minimum Gasteiger partial charge on any atom is -0.390 e. The second kappa shape index (κ2) is 5.51. The van der Waals surface area contributed by atoms with Crippen LogP contribution < -0.4 is 0 Å². The Morgan fingerprint density at radius 1 is 1.36 bits per heavy atom. The van der Waals surface area contributed by atoms with Crippen molar-refractivity contribution in [3.05, 3.63) is 29.0 Å². The lowest BCUT2D eigenvalue weighted by Crippen LogP contribution is -2.19. The van der Waals surface area contributed by atoms with E-state index in [1.807, 2.05) is 0 Å². The van der Waals surface area contributed by atoms with E-state index in [9.17, 15) is 10.2 Å². The van der Waals surface area contributed by atoms with Crippen molar-refractivity contribution in [2.45, 2.75) is 18.6 Å². The van der Waals surface area contributed by atoms with Crippen LogP contribution in [0.5, 0.6) is 0 Å². The third-order valence-corrected chi connectivity index (χ3v) is 2.24. The first-order chi connectivity index (χ1) is 6.65. The Labute approximate surface area is 92.3 Å². The zero-order valence-electron chi connectivity index (χ0n) is 7.40. The minimum absolute atomic E-state index is 0.290. The summed E-state index contributed by atoms with van der Waals surface area (Å²) >= 11 is 11.1. The Hall–Kier alpha value is -0.350. The van der Waals surface area contributed by atoms with Gasteiger partial charge in [0.1, 0.15) is 11.3 Å². The number of halogens is 2. The fourth-order valence-corrected chi connectivity index (χ4v) is 1.45. The molecule has 0 spiro atoms. The first kappa shape index (κ1) is 11.7. The highest BCUT2D eigenvalue weighted by Crippen LogP contribution is 2.18. The van der Waals surface area contributed by atoms with Crippen molar-refractivity contribution in [2.75, 3.05) is 5.88 Å². The molecule has 0 aliphatic rings. The minimum atomic E-state index is -1.03. The molecule has 0 amide bonds. The summed E-state index contributed by atoms with van der Waals surface area (Å²) in [4.78, 5) is 3.89. The van der Waals surface area contributed by atoms with Gasteiger partial charge >= 0.3 is 0 Å². The molecule has 3 nitrogen and oxygen atoms in total. The highest BCUT2D eigenvalue weighted by molar-refractivity contribution is 6.29. The smallest absolute Gasteiger partial charge is 0.129 e. The van der Waals surface area contributed by atoms with Gasteiger partial charge in [0.2, 0.25) is 0 Å². The highest BCUT2D eigenvalue weighted by atomic mass is 35.5. The van der Waals surface area contributed by atoms with Crippen molar-refractivity contribution < 1.29 is 10.2 Å². The topological polar surface area (TPSA) is 53.4 Å². The third kappa shape index (κ3) is 3.10. The molecular formula is C9H11Cl2NO2. The lowest BCUT2D eigenvalue weighted by molar-refractivity contribution is 0.0145. The van der Waals surface area contributed by atoms with Gasteiger partial charge in [0.25, 0.3) is 0 Å². The van der Waals surface area contributed by atoms with Crippen molar-refractivity contribution in [3.63, 3.8) is 0 Å². The monoisotopic (exact) mass is 235 g/mol. The quantitative estimate of drug-likeness (QED) is 0.618. The molecule has 1 rings (SSSR count). The average Bonchev–Trinajstić information content (AvgIpc) is 2.17. The predicted octanol–water partition coefficient (Wildman–Crippen LogP) is 1.76. The maximum Gasteiger partial charge on any atom is 0.129 e. The number of aliphatic hydroxyl groups excluding tert-OH is 2. The van der Waals surface area contributed by atoms with Crippen LogP contribution in [0.1, 0.15) is 18.2 Å². The molecule has 1 aromatic rings. The van der Waals surface area contributed by atoms with Crippen molar-refractivity contribution >= 4 is 23.2 Å². The number of alkyl halides is 1. The first-order valence-corrected chi connectivity index (χ1v) is 5.11. The van der Waals surface area contributed by atoms with Gasteiger partial charge < -0.3 is 10.2 Å². The van der Waals surface area contributed by atoms with Crippen molar-refractivity contribution in [1.29, 1.82) is 0 Å². The van der Waals surface area contributed by atoms with Crippen LogP contribution in [0.15, 0.2) is 18.2 Å².